The van der Waals surface area contributed by atoms with Gasteiger partial charge in [-0.3, -0.25) is 9.59 Å². The maximum Gasteiger partial charge on any atom is 0.508 e. The first-order valence-electron chi connectivity index (χ1n) is 11.7. The lowest BCUT2D eigenvalue weighted by Crippen LogP contribution is -2.62. The fraction of sp³-hybridized carbons (Fsp3) is 0.720. The van der Waals surface area contributed by atoms with Crippen molar-refractivity contribution in [3.63, 3.8) is 0 Å². The van der Waals surface area contributed by atoms with Gasteiger partial charge >= 0.3 is 6.16 Å². The second-order valence-corrected chi connectivity index (χ2v) is 10.7. The molecule has 1 spiro atoms. The largest absolute Gasteiger partial charge is 0.508 e. The van der Waals surface area contributed by atoms with Crippen molar-refractivity contribution < 1.29 is 33.7 Å². The van der Waals surface area contributed by atoms with Crippen molar-refractivity contribution in [2.75, 3.05) is 13.2 Å². The normalized spacial score (nSPS) is 48.0. The number of Topliss-reactive ketones (excluding diaryl/α,β-unsaturated/α-hetero) is 1. The highest BCUT2D eigenvalue weighted by Gasteiger charge is 2.82. The number of carbonyl (C=O) groups excluding carboxylic acids is 3. The predicted molar refractivity (Wildman–Crippen MR) is 114 cm³/mol. The zero-order chi connectivity index (χ0) is 23.1. The van der Waals surface area contributed by atoms with E-state index in [0.717, 1.165) is 18.4 Å². The molecule has 0 aromatic heterocycles. The van der Waals surface area contributed by atoms with Crippen LogP contribution in [-0.2, 0) is 23.8 Å². The van der Waals surface area contributed by atoms with Crippen LogP contribution in [0.2, 0.25) is 0 Å². The van der Waals surface area contributed by atoms with Gasteiger partial charge in [-0.05, 0) is 69.4 Å². The number of allylic oxidation sites excluding steroid dienone is 2. The molecule has 4 aliphatic carbocycles. The van der Waals surface area contributed by atoms with Crippen LogP contribution in [0.3, 0.4) is 0 Å². The van der Waals surface area contributed by atoms with Crippen LogP contribution in [0.4, 0.5) is 4.79 Å². The molecule has 1 N–H and O–H groups in total. The highest BCUT2D eigenvalue weighted by atomic mass is 16.7. The molecule has 0 bridgehead atoms. The summed E-state index contributed by atoms with van der Waals surface area (Å²) >= 11 is 0. The molecule has 32 heavy (non-hydrogen) atoms. The third-order valence-corrected chi connectivity index (χ3v) is 9.52. The Labute approximate surface area is 188 Å². The van der Waals surface area contributed by atoms with E-state index >= 15 is 0 Å². The second-order valence-electron chi connectivity index (χ2n) is 10.7. The van der Waals surface area contributed by atoms with E-state index in [1.165, 1.54) is 0 Å². The smallest absolute Gasteiger partial charge is 0.435 e. The first kappa shape index (κ1) is 21.8. The molecule has 1 heterocycles. The van der Waals surface area contributed by atoms with Crippen LogP contribution in [0.1, 0.15) is 53.4 Å². The Morgan fingerprint density at radius 1 is 1.25 bits per heavy atom. The van der Waals surface area contributed by atoms with Gasteiger partial charge in [0.2, 0.25) is 5.78 Å². The molecule has 7 heteroatoms. The van der Waals surface area contributed by atoms with Crippen LogP contribution < -0.4 is 0 Å². The van der Waals surface area contributed by atoms with E-state index < -0.39 is 29.6 Å². The predicted octanol–water partition coefficient (Wildman–Crippen LogP) is 3.14. The summed E-state index contributed by atoms with van der Waals surface area (Å²) in [5.74, 6) is -0.430. The average molecular weight is 445 g/mol. The summed E-state index contributed by atoms with van der Waals surface area (Å²) in [6.45, 7) is 7.40. The van der Waals surface area contributed by atoms with E-state index in [9.17, 15) is 19.5 Å². The Morgan fingerprint density at radius 3 is 2.72 bits per heavy atom. The molecule has 0 amide bonds. The van der Waals surface area contributed by atoms with Gasteiger partial charge in [0.25, 0.3) is 0 Å². The summed E-state index contributed by atoms with van der Waals surface area (Å²) in [5, 5.41) is 11.9. The zero-order valence-electron chi connectivity index (χ0n) is 19.2. The number of epoxide rings is 1. The molecule has 0 radical (unpaired) electrons. The minimum atomic E-state index is -1.60. The van der Waals surface area contributed by atoms with Crippen molar-refractivity contribution in [3.8, 4) is 0 Å². The molecule has 8 atom stereocenters. The lowest BCUT2D eigenvalue weighted by Gasteiger charge is -2.55. The number of ketones is 2. The van der Waals surface area contributed by atoms with Gasteiger partial charge < -0.3 is 19.3 Å². The number of carbonyl (C=O) groups is 3. The monoisotopic (exact) mass is 444 g/mol. The molecule has 0 aromatic carbocycles. The van der Waals surface area contributed by atoms with Crippen LogP contribution in [0.15, 0.2) is 23.8 Å². The molecule has 0 unspecified atom stereocenters. The standard InChI is InChI=1S/C25H32O7/c1-5-30-21(28)31-13-19(27)24(29)14(2)10-18-17-7-6-15-11-16(26)8-9-22(15,3)25(17)20(32-25)12-23(18,24)4/h8-9,11,14,17-18,20,29H,5-7,10,12-13H2,1-4H3/t14-,17+,18+,20+,22+,23+,24+,25-/m1/s1. The molecule has 174 valence electrons. The van der Waals surface area contributed by atoms with E-state index in [1.807, 2.05) is 19.9 Å². The van der Waals surface area contributed by atoms with Gasteiger partial charge in [0.15, 0.2) is 12.4 Å². The van der Waals surface area contributed by atoms with Crippen molar-refractivity contribution in [1.29, 1.82) is 0 Å². The average Bonchev–Trinajstić information content (AvgIpc) is 3.42. The third-order valence-electron chi connectivity index (χ3n) is 9.52. The first-order chi connectivity index (χ1) is 15.0. The van der Waals surface area contributed by atoms with Gasteiger partial charge in [0.05, 0.1) is 12.7 Å². The molecule has 4 fully saturated rings. The van der Waals surface area contributed by atoms with E-state index in [0.29, 0.717) is 12.8 Å². The first-order valence-corrected chi connectivity index (χ1v) is 11.7. The molecule has 1 aliphatic heterocycles. The maximum atomic E-state index is 13.3. The molecule has 1 saturated heterocycles. The van der Waals surface area contributed by atoms with E-state index in [2.05, 4.69) is 6.92 Å². The highest BCUT2D eigenvalue weighted by molar-refractivity contribution is 6.01. The SMILES string of the molecule is CCOC(=O)OCC(=O)[C@@]1(O)[C@H](C)C[C@H]2[C@@H]3CCC4=CC(=O)C=C[C@]4(C)[C@@]34O[C@H]4C[C@@]21C. The summed E-state index contributed by atoms with van der Waals surface area (Å²) in [6, 6.07) is 0. The zero-order valence-corrected chi connectivity index (χ0v) is 19.2. The van der Waals surface area contributed by atoms with Crippen molar-refractivity contribution in [1.82, 2.24) is 0 Å². The summed E-state index contributed by atoms with van der Waals surface area (Å²) < 4.78 is 16.2. The van der Waals surface area contributed by atoms with Gasteiger partial charge in [-0.15, -0.1) is 0 Å². The number of ether oxygens (including phenoxy) is 3. The molecule has 7 nitrogen and oxygen atoms in total. The van der Waals surface area contributed by atoms with Crippen molar-refractivity contribution in [3.05, 3.63) is 23.8 Å². The Morgan fingerprint density at radius 2 is 2.00 bits per heavy atom. The third kappa shape index (κ3) is 2.47. The Hall–Kier alpha value is -1.99. The molecular weight excluding hydrogens is 412 g/mol. The van der Waals surface area contributed by atoms with Gasteiger partial charge in [-0.2, -0.15) is 0 Å². The van der Waals surface area contributed by atoms with Crippen molar-refractivity contribution >= 4 is 17.7 Å². The van der Waals surface area contributed by atoms with Gasteiger partial charge in [-0.1, -0.05) is 25.5 Å². The maximum absolute atomic E-state index is 13.3. The van der Waals surface area contributed by atoms with Crippen LogP contribution in [0.5, 0.6) is 0 Å². The second kappa shape index (κ2) is 6.76. The molecule has 5 rings (SSSR count). The summed E-state index contributed by atoms with van der Waals surface area (Å²) in [5.41, 5.74) is -1.86. The number of rotatable bonds is 4. The lowest BCUT2D eigenvalue weighted by molar-refractivity contribution is -0.166. The van der Waals surface area contributed by atoms with Crippen LogP contribution in [0, 0.1) is 28.6 Å². The summed E-state index contributed by atoms with van der Waals surface area (Å²) in [6.07, 6.45) is 7.40. The van der Waals surface area contributed by atoms with E-state index in [4.69, 9.17) is 14.2 Å². The quantitative estimate of drug-likeness (QED) is 0.525. The van der Waals surface area contributed by atoms with Gasteiger partial charge in [0.1, 0.15) is 11.2 Å². The Bertz CT molecular complexity index is 952. The van der Waals surface area contributed by atoms with Crippen molar-refractivity contribution in [2.45, 2.75) is 70.7 Å². The number of hydrogen-bond acceptors (Lipinski definition) is 7. The minimum absolute atomic E-state index is 0.0289. The summed E-state index contributed by atoms with van der Waals surface area (Å²) in [7, 11) is 0. The van der Waals surface area contributed by atoms with Gasteiger partial charge in [0, 0.05) is 10.8 Å². The number of fused-ring (bicyclic) bond motifs is 3. The molecule has 3 saturated carbocycles. The summed E-state index contributed by atoms with van der Waals surface area (Å²) in [4.78, 5) is 36.9. The fourth-order valence-electron chi connectivity index (χ4n) is 7.97. The number of aliphatic hydroxyl groups is 1. The van der Waals surface area contributed by atoms with Gasteiger partial charge in [-0.25, -0.2) is 4.79 Å². The van der Waals surface area contributed by atoms with Crippen LogP contribution >= 0.6 is 0 Å². The lowest BCUT2D eigenvalue weighted by atomic mass is 9.46. The minimum Gasteiger partial charge on any atom is -0.435 e. The Kier molecular flexibility index (Phi) is 4.61. The van der Waals surface area contributed by atoms with E-state index in [-0.39, 0.29) is 47.3 Å². The topological polar surface area (TPSA) is 102 Å². The molecular formula is C25H32O7. The Balaban J connectivity index is 1.45. The van der Waals surface area contributed by atoms with Crippen molar-refractivity contribution in [2.24, 2.45) is 28.6 Å². The van der Waals surface area contributed by atoms with E-state index in [1.54, 1.807) is 19.1 Å². The fourth-order valence-corrected chi connectivity index (χ4v) is 7.97. The van der Waals surface area contributed by atoms with Crippen LogP contribution in [-0.4, -0.2) is 53.3 Å². The highest BCUT2D eigenvalue weighted by Crippen LogP contribution is 2.76. The van der Waals surface area contributed by atoms with Crippen LogP contribution in [0.25, 0.3) is 0 Å². The number of hydrogen-bond donors (Lipinski definition) is 1. The molecule has 5 aliphatic rings. The molecule has 0 aromatic rings.